The van der Waals surface area contributed by atoms with E-state index in [-0.39, 0.29) is 57.9 Å². The highest BCUT2D eigenvalue weighted by Crippen LogP contribution is 2.27. The monoisotopic (exact) mass is 896 g/mol. The molecule has 18 heteroatoms. The number of rotatable bonds is 12. The number of nitrogens with one attached hydrogen (secondary N) is 3. The largest absolute Gasteiger partial charge is 0.373 e. The first-order valence-corrected chi connectivity index (χ1v) is 21.9. The fourth-order valence-electron chi connectivity index (χ4n) is 7.80. The zero-order chi connectivity index (χ0) is 45.1. The number of aromatic nitrogens is 4. The summed E-state index contributed by atoms with van der Waals surface area (Å²) in [6.45, 7) is 1.56. The van der Waals surface area contributed by atoms with Gasteiger partial charge in [0, 0.05) is 57.3 Å². The Morgan fingerprint density at radius 2 is 1.18 bits per heavy atom. The van der Waals surface area contributed by atoms with Gasteiger partial charge in [-0.2, -0.15) is 0 Å². The molecule has 2 unspecified atom stereocenters. The average molecular weight is 898 g/mol. The second kappa shape index (κ2) is 22.3. The summed E-state index contributed by atoms with van der Waals surface area (Å²) in [5.74, 6) is -1.41. The van der Waals surface area contributed by atoms with Crippen LogP contribution in [-0.2, 0) is 22.7 Å². The molecule has 2 fully saturated rings. The van der Waals surface area contributed by atoms with Gasteiger partial charge in [0.05, 0.1) is 32.5 Å². The standard InChI is InChI=1S/2C22H29ClN4O4/c1-14-12-27(22(31)26(14)13-19(28)24-2)16-9-10-18(23)17(11-16)21(30)25-20(29)15-7-5-3-4-6-8-15;1-25(2)19(28)14-26-11-12-27(22(26)31)16-9-10-18(23)17(13-16)21(30)24-20(29)15-7-5-3-4-6-8-15/h9-12,15,20,29H,3-8,13H2,1-2H3,(H,24,28)(H,25,30);9-13,15,20,29H,3-8,14H2,1-2H3,(H,24,30). The van der Waals surface area contributed by atoms with Crippen LogP contribution in [0.2, 0.25) is 10.0 Å². The molecule has 0 bridgehead atoms. The van der Waals surface area contributed by atoms with Crippen molar-refractivity contribution < 1.29 is 29.4 Å². The summed E-state index contributed by atoms with van der Waals surface area (Å²) in [6, 6.07) is 9.37. The minimum atomic E-state index is -0.941. The van der Waals surface area contributed by atoms with Crippen LogP contribution in [0.5, 0.6) is 0 Å². The van der Waals surface area contributed by atoms with Crippen molar-refractivity contribution in [1.82, 2.24) is 39.1 Å². The maximum Gasteiger partial charge on any atom is 0.333 e. The number of amides is 4. The second-order valence-corrected chi connectivity index (χ2v) is 17.0. The van der Waals surface area contributed by atoms with Gasteiger partial charge in [-0.15, -0.1) is 0 Å². The van der Waals surface area contributed by atoms with Gasteiger partial charge in [-0.3, -0.25) is 37.4 Å². The maximum absolute atomic E-state index is 12.8. The second-order valence-electron chi connectivity index (χ2n) is 16.2. The van der Waals surface area contributed by atoms with Crippen LogP contribution in [0.3, 0.4) is 0 Å². The van der Waals surface area contributed by atoms with E-state index in [0.717, 1.165) is 77.0 Å². The molecule has 0 radical (unpaired) electrons. The van der Waals surface area contributed by atoms with Gasteiger partial charge in [-0.1, -0.05) is 74.6 Å². The van der Waals surface area contributed by atoms with E-state index in [1.165, 1.54) is 54.7 Å². The van der Waals surface area contributed by atoms with Gasteiger partial charge >= 0.3 is 11.4 Å². The van der Waals surface area contributed by atoms with E-state index in [2.05, 4.69) is 16.0 Å². The number of aryl methyl sites for hydroxylation is 1. The van der Waals surface area contributed by atoms with Crippen molar-refractivity contribution in [3.05, 3.63) is 103 Å². The van der Waals surface area contributed by atoms with Gasteiger partial charge in [0.1, 0.15) is 25.5 Å². The third-order valence-electron chi connectivity index (χ3n) is 11.6. The molecular formula is C44H58Cl2N8O8. The number of likely N-dealkylation sites (N-methyl/N-ethyl adjacent to an activating group) is 2. The number of aliphatic hydroxyl groups is 2. The van der Waals surface area contributed by atoms with Gasteiger partial charge in [0.2, 0.25) is 11.8 Å². The number of aliphatic hydroxyl groups excluding tert-OH is 2. The zero-order valence-corrected chi connectivity index (χ0v) is 37.3. The Balaban J connectivity index is 0.000000234. The fourth-order valence-corrected chi connectivity index (χ4v) is 8.20. The van der Waals surface area contributed by atoms with E-state index in [9.17, 15) is 39.0 Å². The van der Waals surface area contributed by atoms with E-state index >= 15 is 0 Å². The minimum absolute atomic E-state index is 0.0254. The molecule has 2 saturated carbocycles. The van der Waals surface area contributed by atoms with Crippen LogP contribution < -0.4 is 27.3 Å². The van der Waals surface area contributed by atoms with Crippen LogP contribution in [0.1, 0.15) is 103 Å². The summed E-state index contributed by atoms with van der Waals surface area (Å²) in [7, 11) is 4.75. The van der Waals surface area contributed by atoms with E-state index in [0.29, 0.717) is 17.1 Å². The molecule has 5 N–H and O–H groups in total. The van der Waals surface area contributed by atoms with Crippen LogP contribution in [0.25, 0.3) is 11.4 Å². The summed E-state index contributed by atoms with van der Waals surface area (Å²) in [4.78, 5) is 76.1. The maximum atomic E-state index is 12.8. The predicted molar refractivity (Wildman–Crippen MR) is 237 cm³/mol. The highest BCUT2D eigenvalue weighted by atomic mass is 35.5. The first-order chi connectivity index (χ1) is 29.6. The number of carbonyl (C=O) groups is 4. The van der Waals surface area contributed by atoms with Gasteiger partial charge in [-0.05, 0) is 69.0 Å². The van der Waals surface area contributed by atoms with Crippen molar-refractivity contribution in [1.29, 1.82) is 0 Å². The molecule has 4 amide bonds. The molecule has 2 heterocycles. The molecule has 2 aromatic carbocycles. The molecule has 2 aromatic heterocycles. The number of halogens is 2. The van der Waals surface area contributed by atoms with Crippen LogP contribution in [-0.4, -0.2) is 90.6 Å². The first-order valence-electron chi connectivity index (χ1n) is 21.1. The Labute approximate surface area is 370 Å². The van der Waals surface area contributed by atoms with Crippen molar-refractivity contribution in [2.45, 2.75) is 110 Å². The van der Waals surface area contributed by atoms with Crippen molar-refractivity contribution >= 4 is 46.8 Å². The number of hydrogen-bond donors (Lipinski definition) is 5. The smallest absolute Gasteiger partial charge is 0.333 e. The van der Waals surface area contributed by atoms with E-state index in [4.69, 9.17) is 23.2 Å². The third kappa shape index (κ3) is 12.3. The Morgan fingerprint density at radius 1 is 0.710 bits per heavy atom. The third-order valence-corrected chi connectivity index (χ3v) is 12.3. The summed E-state index contributed by atoms with van der Waals surface area (Å²) < 4.78 is 5.36. The normalized spacial score (nSPS) is 15.9. The molecule has 0 aliphatic heterocycles. The van der Waals surface area contributed by atoms with Crippen molar-refractivity contribution in [3.63, 3.8) is 0 Å². The number of benzene rings is 2. The lowest BCUT2D eigenvalue weighted by Gasteiger charge is -2.22. The van der Waals surface area contributed by atoms with Gasteiger partial charge in [0.15, 0.2) is 0 Å². The lowest BCUT2D eigenvalue weighted by molar-refractivity contribution is -0.129. The average Bonchev–Trinajstić information content (AvgIpc) is 3.49. The predicted octanol–water partition coefficient (Wildman–Crippen LogP) is 4.76. The van der Waals surface area contributed by atoms with Crippen LogP contribution in [0.15, 0.2) is 64.6 Å². The summed E-state index contributed by atoms with van der Waals surface area (Å²) in [6.07, 6.45) is 15.1. The molecule has 62 heavy (non-hydrogen) atoms. The summed E-state index contributed by atoms with van der Waals surface area (Å²) in [5, 5.41) is 29.3. The molecule has 0 spiro atoms. The first kappa shape index (κ1) is 47.9. The Bertz CT molecular complexity index is 2320. The molecule has 336 valence electrons. The van der Waals surface area contributed by atoms with Gasteiger partial charge < -0.3 is 31.1 Å². The lowest BCUT2D eigenvalue weighted by Crippen LogP contribution is -2.40. The summed E-state index contributed by atoms with van der Waals surface area (Å²) >= 11 is 12.5. The van der Waals surface area contributed by atoms with Crippen molar-refractivity contribution in [2.24, 2.45) is 11.8 Å². The Morgan fingerprint density at radius 3 is 1.63 bits per heavy atom. The molecule has 0 saturated heterocycles. The Kier molecular flexibility index (Phi) is 17.2. The van der Waals surface area contributed by atoms with Crippen LogP contribution >= 0.6 is 23.2 Å². The molecule has 16 nitrogen and oxygen atoms in total. The number of hydrogen-bond acceptors (Lipinski definition) is 8. The van der Waals surface area contributed by atoms with E-state index in [1.54, 1.807) is 51.5 Å². The number of nitrogens with zero attached hydrogens (tertiary/aromatic N) is 5. The summed E-state index contributed by atoms with van der Waals surface area (Å²) in [5.41, 5.74) is 1.06. The van der Waals surface area contributed by atoms with Crippen molar-refractivity contribution in [3.8, 4) is 11.4 Å². The molecular weight excluding hydrogens is 839 g/mol. The molecule has 6 rings (SSSR count). The molecule has 4 aromatic rings. The van der Waals surface area contributed by atoms with Gasteiger partial charge in [0.25, 0.3) is 11.8 Å². The SMILES string of the molecule is CN(C)C(=O)Cn1ccn(-c2ccc(Cl)c(C(=O)NC(O)C3CCCCCC3)c2)c1=O.CNC(=O)Cn1c(C)cn(-c2ccc(Cl)c(C(=O)NC(O)C3CCCCCC3)c2)c1=O. The number of carbonyl (C=O) groups excluding carboxylic acids is 4. The van der Waals surface area contributed by atoms with Crippen molar-refractivity contribution in [2.75, 3.05) is 21.1 Å². The van der Waals surface area contributed by atoms with Gasteiger partial charge in [-0.25, -0.2) is 9.59 Å². The molecule has 2 aliphatic rings. The van der Waals surface area contributed by atoms with Crippen LogP contribution in [0, 0.1) is 18.8 Å². The Hall–Kier alpha value is -5.16. The lowest BCUT2D eigenvalue weighted by atomic mass is 9.98. The number of imidazole rings is 2. The minimum Gasteiger partial charge on any atom is -0.373 e. The molecule has 2 aliphatic carbocycles. The molecule has 2 atom stereocenters. The quantitative estimate of drug-likeness (QED) is 0.0990. The highest BCUT2D eigenvalue weighted by Gasteiger charge is 2.26. The van der Waals surface area contributed by atoms with Crippen LogP contribution in [0.4, 0.5) is 0 Å². The zero-order valence-electron chi connectivity index (χ0n) is 35.7. The van der Waals surface area contributed by atoms with E-state index in [1.807, 2.05) is 0 Å². The van der Waals surface area contributed by atoms with E-state index < -0.39 is 35.6 Å². The topological polar surface area (TPSA) is 202 Å². The fraction of sp³-hybridized carbons (Fsp3) is 0.500. The highest BCUT2D eigenvalue weighted by molar-refractivity contribution is 6.34.